The van der Waals surface area contributed by atoms with Crippen LogP contribution in [0.2, 0.25) is 0 Å². The molecule has 2 aliphatic rings. The highest BCUT2D eigenvalue weighted by Crippen LogP contribution is 2.34. The normalized spacial score (nSPS) is 22.0. The van der Waals surface area contributed by atoms with Gasteiger partial charge in [0.1, 0.15) is 5.82 Å². The van der Waals surface area contributed by atoms with E-state index in [1.165, 1.54) is 5.56 Å². The van der Waals surface area contributed by atoms with Crippen LogP contribution in [0.15, 0.2) is 66.7 Å². The Morgan fingerprint density at radius 3 is 2.46 bits per heavy atom. The van der Waals surface area contributed by atoms with Crippen LogP contribution in [0.25, 0.3) is 10.8 Å². The maximum Gasteiger partial charge on any atom is 0.254 e. The number of hydrogen-bond donors (Lipinski definition) is 2. The zero-order valence-corrected chi connectivity index (χ0v) is 21.3. The molecule has 2 aliphatic heterocycles. The quantitative estimate of drug-likeness (QED) is 0.468. The Hall–Kier alpha value is -2.80. The number of aliphatic hydroxyl groups is 2. The van der Waals surface area contributed by atoms with Crippen LogP contribution in [0.4, 0.5) is 4.39 Å². The van der Waals surface area contributed by atoms with Crippen molar-refractivity contribution in [1.29, 1.82) is 0 Å². The molecule has 0 aliphatic carbocycles. The van der Waals surface area contributed by atoms with Gasteiger partial charge in [0.25, 0.3) is 5.91 Å². The van der Waals surface area contributed by atoms with E-state index in [0.717, 1.165) is 43.2 Å². The standard InChI is InChI=1S/C31H37FN2O3/c32-26-12-10-22(11-13-26)23-14-16-33(17-15-23)19-25-20-34(21-29(25)30(36)9-4-18-35)31(37)28-8-3-6-24-5-1-2-7-27(24)28/h1-3,5-8,10-13,23,25,29-30,35-36H,4,9,14-21H2. The van der Waals surface area contributed by atoms with Gasteiger partial charge in [-0.05, 0) is 85.1 Å². The minimum absolute atomic E-state index is 0.0136. The van der Waals surface area contributed by atoms with Gasteiger partial charge in [-0.2, -0.15) is 0 Å². The van der Waals surface area contributed by atoms with Gasteiger partial charge in [0.2, 0.25) is 0 Å². The fourth-order valence-corrected chi connectivity index (χ4v) is 6.30. The van der Waals surface area contributed by atoms with Gasteiger partial charge in [-0.1, -0.05) is 48.5 Å². The highest BCUT2D eigenvalue weighted by Gasteiger charge is 2.40. The van der Waals surface area contributed by atoms with Crippen molar-refractivity contribution >= 4 is 16.7 Å². The van der Waals surface area contributed by atoms with Gasteiger partial charge in [0.15, 0.2) is 0 Å². The lowest BCUT2D eigenvalue weighted by Crippen LogP contribution is -2.40. The molecule has 0 aromatic heterocycles. The van der Waals surface area contributed by atoms with E-state index < -0.39 is 6.10 Å². The average Bonchev–Trinajstić information content (AvgIpc) is 3.35. The number of fused-ring (bicyclic) bond motifs is 1. The molecular weight excluding hydrogens is 467 g/mol. The molecule has 2 heterocycles. The van der Waals surface area contributed by atoms with Crippen LogP contribution in [0, 0.1) is 17.7 Å². The summed E-state index contributed by atoms with van der Waals surface area (Å²) in [4.78, 5) is 18.1. The number of nitrogens with zero attached hydrogens (tertiary/aromatic N) is 2. The van der Waals surface area contributed by atoms with E-state index in [-0.39, 0.29) is 30.2 Å². The number of benzene rings is 3. The van der Waals surface area contributed by atoms with Crippen molar-refractivity contribution in [1.82, 2.24) is 9.80 Å². The molecule has 0 spiro atoms. The first kappa shape index (κ1) is 25.8. The molecule has 2 N–H and O–H groups in total. The SMILES string of the molecule is O=C(c1cccc2ccccc12)N1CC(CN2CCC(c3ccc(F)cc3)CC2)C(C(O)CCCO)C1. The van der Waals surface area contributed by atoms with Crippen molar-refractivity contribution in [3.63, 3.8) is 0 Å². The summed E-state index contributed by atoms with van der Waals surface area (Å²) in [5, 5.41) is 22.3. The Balaban J connectivity index is 1.27. The van der Waals surface area contributed by atoms with E-state index >= 15 is 0 Å². The fourth-order valence-electron chi connectivity index (χ4n) is 6.30. The number of likely N-dealkylation sites (tertiary alicyclic amines) is 2. The summed E-state index contributed by atoms with van der Waals surface area (Å²) in [6, 6.07) is 20.7. The van der Waals surface area contributed by atoms with E-state index in [9.17, 15) is 19.4 Å². The number of carbonyl (C=O) groups excluding carboxylic acids is 1. The van der Waals surface area contributed by atoms with E-state index in [4.69, 9.17) is 0 Å². The van der Waals surface area contributed by atoms with Crippen LogP contribution >= 0.6 is 0 Å². The predicted molar refractivity (Wildman–Crippen MR) is 144 cm³/mol. The van der Waals surface area contributed by atoms with Gasteiger partial charge >= 0.3 is 0 Å². The Labute approximate surface area is 218 Å². The summed E-state index contributed by atoms with van der Waals surface area (Å²) in [6.45, 7) is 3.97. The molecule has 1 amide bonds. The lowest BCUT2D eigenvalue weighted by Gasteiger charge is -2.35. The first-order chi connectivity index (χ1) is 18.0. The number of amides is 1. The van der Waals surface area contributed by atoms with Crippen LogP contribution in [0.1, 0.15) is 47.5 Å². The smallest absolute Gasteiger partial charge is 0.254 e. The van der Waals surface area contributed by atoms with Gasteiger partial charge in [0, 0.05) is 37.7 Å². The van der Waals surface area contributed by atoms with Crippen molar-refractivity contribution in [3.8, 4) is 0 Å². The van der Waals surface area contributed by atoms with E-state index in [1.54, 1.807) is 12.1 Å². The molecule has 5 rings (SSSR count). The second kappa shape index (κ2) is 11.7. The Bertz CT molecular complexity index is 1190. The minimum Gasteiger partial charge on any atom is -0.396 e. The summed E-state index contributed by atoms with van der Waals surface area (Å²) >= 11 is 0. The number of rotatable bonds is 8. The van der Waals surface area contributed by atoms with Crippen molar-refractivity contribution in [2.24, 2.45) is 11.8 Å². The molecule has 0 saturated carbocycles. The average molecular weight is 505 g/mol. The number of hydrogen-bond acceptors (Lipinski definition) is 4. The molecule has 196 valence electrons. The molecular formula is C31H37FN2O3. The zero-order chi connectivity index (χ0) is 25.8. The van der Waals surface area contributed by atoms with Gasteiger partial charge in [-0.25, -0.2) is 4.39 Å². The lowest BCUT2D eigenvalue weighted by molar-refractivity contribution is 0.0607. The molecule has 0 bridgehead atoms. The Morgan fingerprint density at radius 2 is 1.70 bits per heavy atom. The molecule has 0 radical (unpaired) electrons. The number of piperidine rings is 1. The molecule has 3 aromatic rings. The van der Waals surface area contributed by atoms with Crippen molar-refractivity contribution < 1.29 is 19.4 Å². The fraction of sp³-hybridized carbons (Fsp3) is 0.452. The summed E-state index contributed by atoms with van der Waals surface area (Å²) in [6.07, 6.45) is 2.61. The first-order valence-corrected chi connectivity index (χ1v) is 13.6. The molecule has 2 saturated heterocycles. The number of carbonyl (C=O) groups is 1. The summed E-state index contributed by atoms with van der Waals surface area (Å²) < 4.78 is 13.3. The van der Waals surface area contributed by atoms with E-state index in [1.807, 2.05) is 59.5 Å². The van der Waals surface area contributed by atoms with E-state index in [0.29, 0.717) is 37.4 Å². The first-order valence-electron chi connectivity index (χ1n) is 13.6. The Kier molecular flexibility index (Phi) is 8.18. The lowest BCUT2D eigenvalue weighted by atomic mass is 9.86. The zero-order valence-electron chi connectivity index (χ0n) is 21.3. The van der Waals surface area contributed by atoms with Crippen molar-refractivity contribution in [2.45, 2.75) is 37.7 Å². The molecule has 3 aromatic carbocycles. The number of halogens is 1. The summed E-state index contributed by atoms with van der Waals surface area (Å²) in [5.74, 6) is 0.426. The molecule has 2 fully saturated rings. The van der Waals surface area contributed by atoms with Crippen LogP contribution in [0.3, 0.4) is 0 Å². The molecule has 6 heteroatoms. The second-order valence-corrected chi connectivity index (χ2v) is 10.7. The molecule has 3 atom stereocenters. The van der Waals surface area contributed by atoms with E-state index in [2.05, 4.69) is 4.90 Å². The number of aliphatic hydroxyl groups excluding tert-OH is 2. The minimum atomic E-state index is -0.542. The van der Waals surface area contributed by atoms with Crippen molar-refractivity contribution in [2.75, 3.05) is 39.3 Å². The third-order valence-electron chi connectivity index (χ3n) is 8.37. The highest BCUT2D eigenvalue weighted by molar-refractivity contribution is 6.07. The molecule has 3 unspecified atom stereocenters. The predicted octanol–water partition coefficient (Wildman–Crippen LogP) is 4.68. The van der Waals surface area contributed by atoms with Crippen molar-refractivity contribution in [3.05, 3.63) is 83.7 Å². The Morgan fingerprint density at radius 1 is 0.973 bits per heavy atom. The summed E-state index contributed by atoms with van der Waals surface area (Å²) in [5.41, 5.74) is 1.91. The van der Waals surface area contributed by atoms with Gasteiger partial charge in [-0.15, -0.1) is 0 Å². The van der Waals surface area contributed by atoms with Crippen LogP contribution in [-0.2, 0) is 0 Å². The monoisotopic (exact) mass is 504 g/mol. The third-order valence-corrected chi connectivity index (χ3v) is 8.37. The van der Waals surface area contributed by atoms with Gasteiger partial charge < -0.3 is 20.0 Å². The molecule has 37 heavy (non-hydrogen) atoms. The maximum absolute atomic E-state index is 13.7. The third kappa shape index (κ3) is 5.87. The maximum atomic E-state index is 13.7. The molecule has 5 nitrogen and oxygen atoms in total. The second-order valence-electron chi connectivity index (χ2n) is 10.7. The van der Waals surface area contributed by atoms with Crippen LogP contribution in [-0.4, -0.2) is 71.4 Å². The van der Waals surface area contributed by atoms with Crippen LogP contribution in [0.5, 0.6) is 0 Å². The largest absolute Gasteiger partial charge is 0.396 e. The van der Waals surface area contributed by atoms with Gasteiger partial charge in [-0.3, -0.25) is 4.79 Å². The highest BCUT2D eigenvalue weighted by atomic mass is 19.1. The van der Waals surface area contributed by atoms with Crippen LogP contribution < -0.4 is 0 Å². The summed E-state index contributed by atoms with van der Waals surface area (Å²) in [7, 11) is 0. The van der Waals surface area contributed by atoms with Gasteiger partial charge in [0.05, 0.1) is 6.10 Å². The topological polar surface area (TPSA) is 64.0 Å².